The quantitative estimate of drug-likeness (QED) is 0.162. The first-order valence-electron chi connectivity index (χ1n) is 17.2. The largest absolute Gasteiger partial charge is 2.00 e. The van der Waals surface area contributed by atoms with Crippen LogP contribution in [-0.2, 0) is 42.7 Å². The topological polar surface area (TPSA) is 39.9 Å². The summed E-state index contributed by atoms with van der Waals surface area (Å²) in [5.41, 5.74) is 10.6. The van der Waals surface area contributed by atoms with Gasteiger partial charge in [0.05, 0.1) is 17.3 Å². The standard InChI is InChI=1S/C45H45N3O.Pt/c1-42(2,3)30-19-21-37-38-22-20-31(43(4,5)6)26-40(38)45(39(37)25-30,41-18-10-11-23-46-41)32-14-12-16-35(24-32)49-36-17-13-15-34(27-36)48-29-33(28-47-48)44(7,8)9;/h10-23,25-26,28-29H,1-9H3;/q-2;+2. The van der Waals surface area contributed by atoms with E-state index in [0.717, 1.165) is 22.5 Å². The molecule has 4 nitrogen and oxygen atoms in total. The Balaban J connectivity index is 0.00000432. The number of ether oxygens (including phenoxy) is 1. The van der Waals surface area contributed by atoms with E-state index in [0.29, 0.717) is 11.5 Å². The van der Waals surface area contributed by atoms with Gasteiger partial charge in [0, 0.05) is 23.9 Å². The Bertz CT molecular complexity index is 2100. The molecule has 50 heavy (non-hydrogen) atoms. The summed E-state index contributed by atoms with van der Waals surface area (Å²) in [6.45, 7) is 20.2. The van der Waals surface area contributed by atoms with Gasteiger partial charge in [-0.2, -0.15) is 23.3 Å². The molecular weight excluding hydrogens is 794 g/mol. The number of nitrogens with zero attached hydrogens (tertiary/aromatic N) is 3. The van der Waals surface area contributed by atoms with Crippen LogP contribution >= 0.6 is 0 Å². The monoisotopic (exact) mass is 838 g/mol. The van der Waals surface area contributed by atoms with Gasteiger partial charge in [-0.25, -0.2) is 0 Å². The van der Waals surface area contributed by atoms with E-state index in [9.17, 15) is 0 Å². The molecule has 0 spiro atoms. The predicted octanol–water partition coefficient (Wildman–Crippen LogP) is 10.9. The van der Waals surface area contributed by atoms with Crippen molar-refractivity contribution in [2.24, 2.45) is 0 Å². The summed E-state index contributed by atoms with van der Waals surface area (Å²) in [5, 5.41) is 4.62. The zero-order chi connectivity index (χ0) is 34.8. The fourth-order valence-electron chi connectivity index (χ4n) is 6.86. The van der Waals surface area contributed by atoms with Gasteiger partial charge in [-0.1, -0.05) is 105 Å². The molecule has 7 rings (SSSR count). The zero-order valence-electron chi connectivity index (χ0n) is 30.5. The normalized spacial score (nSPS) is 13.7. The molecule has 4 aromatic carbocycles. The first kappa shape index (κ1) is 35.6. The van der Waals surface area contributed by atoms with E-state index < -0.39 is 5.41 Å². The van der Waals surface area contributed by atoms with Gasteiger partial charge >= 0.3 is 21.1 Å². The predicted molar refractivity (Wildman–Crippen MR) is 199 cm³/mol. The molecule has 0 N–H and O–H groups in total. The van der Waals surface area contributed by atoms with Crippen molar-refractivity contribution in [3.8, 4) is 28.3 Å². The molecule has 2 aromatic heterocycles. The molecule has 0 fully saturated rings. The van der Waals surface area contributed by atoms with Crippen LogP contribution in [0.15, 0.2) is 110 Å². The molecule has 0 radical (unpaired) electrons. The number of rotatable bonds is 5. The number of pyridine rings is 1. The van der Waals surface area contributed by atoms with E-state index in [-0.39, 0.29) is 37.3 Å². The molecule has 0 amide bonds. The fourth-order valence-corrected chi connectivity index (χ4v) is 6.86. The average molecular weight is 839 g/mol. The first-order chi connectivity index (χ1) is 23.2. The van der Waals surface area contributed by atoms with Crippen molar-refractivity contribution < 1.29 is 25.8 Å². The van der Waals surface area contributed by atoms with E-state index >= 15 is 0 Å². The smallest absolute Gasteiger partial charge is 0.509 e. The number of hydrogen-bond acceptors (Lipinski definition) is 3. The van der Waals surface area contributed by atoms with Gasteiger partial charge in [-0.05, 0) is 73.0 Å². The number of fused-ring (bicyclic) bond motifs is 3. The van der Waals surface area contributed by atoms with Gasteiger partial charge in [0.25, 0.3) is 0 Å². The van der Waals surface area contributed by atoms with E-state index in [2.05, 4.69) is 146 Å². The second-order valence-corrected chi connectivity index (χ2v) is 16.3. The molecular formula is C45H45N3OPt. The molecule has 0 aliphatic heterocycles. The van der Waals surface area contributed by atoms with E-state index in [1.54, 1.807) is 0 Å². The molecule has 0 saturated heterocycles. The Morgan fingerprint density at radius 3 is 1.74 bits per heavy atom. The van der Waals surface area contributed by atoms with Gasteiger partial charge in [0.1, 0.15) is 0 Å². The van der Waals surface area contributed by atoms with Crippen LogP contribution < -0.4 is 4.74 Å². The minimum Gasteiger partial charge on any atom is -0.509 e. The minimum atomic E-state index is -0.711. The third-order valence-electron chi connectivity index (χ3n) is 9.76. The van der Waals surface area contributed by atoms with E-state index in [4.69, 9.17) is 9.72 Å². The van der Waals surface area contributed by atoms with Crippen molar-refractivity contribution in [2.45, 2.75) is 84.0 Å². The van der Waals surface area contributed by atoms with Crippen molar-refractivity contribution in [1.29, 1.82) is 0 Å². The Kier molecular flexibility index (Phi) is 9.10. The summed E-state index contributed by atoms with van der Waals surface area (Å²) in [6, 6.07) is 39.5. The molecule has 256 valence electrons. The van der Waals surface area contributed by atoms with Gasteiger partial charge in [-0.15, -0.1) is 35.9 Å². The summed E-state index contributed by atoms with van der Waals surface area (Å²) < 4.78 is 8.41. The summed E-state index contributed by atoms with van der Waals surface area (Å²) in [6.07, 6.45) is 5.88. The zero-order valence-corrected chi connectivity index (χ0v) is 32.7. The molecule has 0 bridgehead atoms. The molecule has 0 atom stereocenters. The average Bonchev–Trinajstić information content (AvgIpc) is 3.67. The van der Waals surface area contributed by atoms with E-state index in [1.807, 2.05) is 47.4 Å². The molecule has 6 aromatic rings. The maximum Gasteiger partial charge on any atom is 2.00 e. The summed E-state index contributed by atoms with van der Waals surface area (Å²) in [5.74, 6) is 1.22. The SMILES string of the molecule is CC(C)(C)c1ccc2c(c1)C(c1[c-]c(Oc3[c-]c(-n4cc(C(C)(C)C)cn4)ccc3)ccc1)(c1ccccn1)c1cc(C(C)(C)C)ccc1-2.[Pt+2]. The molecule has 1 aliphatic carbocycles. The van der Waals surface area contributed by atoms with Crippen LogP contribution in [0.4, 0.5) is 0 Å². The van der Waals surface area contributed by atoms with Crippen LogP contribution in [0.25, 0.3) is 16.8 Å². The van der Waals surface area contributed by atoms with Crippen molar-refractivity contribution in [3.63, 3.8) is 0 Å². The summed E-state index contributed by atoms with van der Waals surface area (Å²) in [7, 11) is 0. The Labute approximate surface area is 312 Å². The Hall–Kier alpha value is -4.27. The maximum atomic E-state index is 6.55. The van der Waals surface area contributed by atoms with Crippen molar-refractivity contribution in [2.75, 3.05) is 0 Å². The van der Waals surface area contributed by atoms with Gasteiger partial charge in [0.15, 0.2) is 0 Å². The van der Waals surface area contributed by atoms with Gasteiger partial charge in [0.2, 0.25) is 0 Å². The van der Waals surface area contributed by atoms with Crippen LogP contribution in [0, 0.1) is 12.1 Å². The van der Waals surface area contributed by atoms with Crippen LogP contribution in [-0.4, -0.2) is 14.8 Å². The molecule has 5 heteroatoms. The molecule has 1 aliphatic rings. The fraction of sp³-hybridized carbons (Fsp3) is 0.289. The Morgan fingerprint density at radius 1 is 0.620 bits per heavy atom. The van der Waals surface area contributed by atoms with Crippen LogP contribution in [0.5, 0.6) is 11.5 Å². The summed E-state index contributed by atoms with van der Waals surface area (Å²) in [4.78, 5) is 5.09. The third-order valence-corrected chi connectivity index (χ3v) is 9.76. The molecule has 0 saturated carbocycles. The van der Waals surface area contributed by atoms with Crippen molar-refractivity contribution in [3.05, 3.63) is 161 Å². The van der Waals surface area contributed by atoms with Gasteiger partial charge < -0.3 is 4.74 Å². The van der Waals surface area contributed by atoms with Crippen LogP contribution in [0.3, 0.4) is 0 Å². The molecule has 0 unspecified atom stereocenters. The van der Waals surface area contributed by atoms with Crippen molar-refractivity contribution >= 4 is 0 Å². The second kappa shape index (κ2) is 12.8. The maximum absolute atomic E-state index is 6.55. The number of aromatic nitrogens is 3. The first-order valence-corrected chi connectivity index (χ1v) is 17.2. The Morgan fingerprint density at radius 2 is 1.20 bits per heavy atom. The van der Waals surface area contributed by atoms with Gasteiger partial charge in [-0.3, -0.25) is 9.67 Å². The molecule has 2 heterocycles. The van der Waals surface area contributed by atoms with Crippen LogP contribution in [0.1, 0.15) is 101 Å². The third kappa shape index (κ3) is 6.28. The van der Waals surface area contributed by atoms with Crippen molar-refractivity contribution in [1.82, 2.24) is 14.8 Å². The number of benzene rings is 4. The second-order valence-electron chi connectivity index (χ2n) is 16.3. The van der Waals surface area contributed by atoms with E-state index in [1.165, 1.54) is 33.4 Å². The number of hydrogen-bond donors (Lipinski definition) is 0. The summed E-state index contributed by atoms with van der Waals surface area (Å²) >= 11 is 0. The van der Waals surface area contributed by atoms with Crippen LogP contribution in [0.2, 0.25) is 0 Å². The minimum absolute atomic E-state index is 0.